The highest BCUT2D eigenvalue weighted by molar-refractivity contribution is 5.77. The summed E-state index contributed by atoms with van der Waals surface area (Å²) in [4.78, 5) is 11.9. The molecule has 0 bridgehead atoms. The molecule has 22 heavy (non-hydrogen) atoms. The van der Waals surface area contributed by atoms with Crippen molar-refractivity contribution in [2.45, 2.75) is 44.8 Å². The summed E-state index contributed by atoms with van der Waals surface area (Å²) in [6.45, 7) is 1.82. The van der Waals surface area contributed by atoms with Gasteiger partial charge in [-0.15, -0.1) is 0 Å². The molecule has 6 heteroatoms. The second kappa shape index (κ2) is 7.03. The Hall–Kier alpha value is -1.72. The Bertz CT molecular complexity index is 516. The van der Waals surface area contributed by atoms with Gasteiger partial charge in [0, 0.05) is 6.04 Å². The second-order valence-electron chi connectivity index (χ2n) is 5.75. The van der Waals surface area contributed by atoms with E-state index in [0.29, 0.717) is 5.92 Å². The van der Waals surface area contributed by atoms with E-state index in [1.165, 1.54) is 18.6 Å². The summed E-state index contributed by atoms with van der Waals surface area (Å²) in [6, 6.07) is 4.67. The fraction of sp³-hybridized carbons (Fsp3) is 0.562. The maximum atomic E-state index is 12.6. The lowest BCUT2D eigenvalue weighted by molar-refractivity contribution is -0.137. The first-order chi connectivity index (χ1) is 10.4. The number of hydrogen-bond donors (Lipinski definition) is 1. The largest absolute Gasteiger partial charge is 0.484 e. The second-order valence-corrected chi connectivity index (χ2v) is 5.75. The van der Waals surface area contributed by atoms with E-state index in [9.17, 15) is 18.0 Å². The van der Waals surface area contributed by atoms with Crippen LogP contribution in [0.25, 0.3) is 0 Å². The summed E-state index contributed by atoms with van der Waals surface area (Å²) >= 11 is 0. The van der Waals surface area contributed by atoms with E-state index in [1.54, 1.807) is 0 Å². The molecule has 1 aromatic rings. The highest BCUT2D eigenvalue weighted by atomic mass is 19.4. The van der Waals surface area contributed by atoms with Crippen LogP contribution in [-0.4, -0.2) is 18.6 Å². The van der Waals surface area contributed by atoms with Crippen LogP contribution >= 0.6 is 0 Å². The van der Waals surface area contributed by atoms with E-state index in [-0.39, 0.29) is 24.3 Å². The molecule has 122 valence electrons. The Morgan fingerprint density at radius 1 is 1.32 bits per heavy atom. The molecule has 1 amide bonds. The topological polar surface area (TPSA) is 38.3 Å². The van der Waals surface area contributed by atoms with Gasteiger partial charge in [-0.3, -0.25) is 4.79 Å². The van der Waals surface area contributed by atoms with Gasteiger partial charge in [0.05, 0.1) is 5.56 Å². The maximum Gasteiger partial charge on any atom is 0.416 e. The third kappa shape index (κ3) is 4.64. The van der Waals surface area contributed by atoms with Gasteiger partial charge in [-0.05, 0) is 37.0 Å². The van der Waals surface area contributed by atoms with Crippen molar-refractivity contribution in [2.24, 2.45) is 5.92 Å². The molecule has 0 unspecified atom stereocenters. The molecular formula is C16H20F3NO2. The smallest absolute Gasteiger partial charge is 0.416 e. The first-order valence-corrected chi connectivity index (χ1v) is 7.45. The van der Waals surface area contributed by atoms with Crippen molar-refractivity contribution in [2.75, 3.05) is 6.61 Å². The molecule has 1 aliphatic carbocycles. The van der Waals surface area contributed by atoms with Crippen LogP contribution in [-0.2, 0) is 11.0 Å². The number of alkyl halides is 3. The Morgan fingerprint density at radius 3 is 2.73 bits per heavy atom. The van der Waals surface area contributed by atoms with E-state index in [1.807, 2.05) is 0 Å². The lowest BCUT2D eigenvalue weighted by atomic mass is 9.86. The Kier molecular flexibility index (Phi) is 5.32. The summed E-state index contributed by atoms with van der Waals surface area (Å²) in [7, 11) is 0. The Labute approximate surface area is 127 Å². The van der Waals surface area contributed by atoms with Crippen LogP contribution in [0.2, 0.25) is 0 Å². The minimum atomic E-state index is -4.42. The van der Waals surface area contributed by atoms with Crippen molar-refractivity contribution in [1.82, 2.24) is 5.32 Å². The quantitative estimate of drug-likeness (QED) is 0.918. The summed E-state index contributed by atoms with van der Waals surface area (Å²) in [5, 5.41) is 2.90. The van der Waals surface area contributed by atoms with Crippen molar-refractivity contribution in [1.29, 1.82) is 0 Å². The zero-order valence-electron chi connectivity index (χ0n) is 12.5. The number of halogens is 3. The normalized spacial score (nSPS) is 22.2. The summed E-state index contributed by atoms with van der Waals surface area (Å²) in [5.41, 5.74) is -0.786. The molecule has 0 aliphatic heterocycles. The van der Waals surface area contributed by atoms with Crippen LogP contribution in [0.5, 0.6) is 5.75 Å². The van der Waals surface area contributed by atoms with Gasteiger partial charge in [-0.2, -0.15) is 13.2 Å². The molecule has 0 spiro atoms. The minimum absolute atomic E-state index is 0.0432. The van der Waals surface area contributed by atoms with Crippen LogP contribution in [0.3, 0.4) is 0 Å². The van der Waals surface area contributed by atoms with E-state index in [0.717, 1.165) is 31.4 Å². The van der Waals surface area contributed by atoms with Gasteiger partial charge in [-0.25, -0.2) is 0 Å². The standard InChI is InChI=1S/C16H20F3NO2/c1-11-5-2-3-8-14(11)20-15(21)10-22-13-7-4-6-12(9-13)16(17,18)19/h4,6-7,9,11,14H,2-3,5,8,10H2,1H3,(H,20,21)/t11-,14+/m0/s1. The lowest BCUT2D eigenvalue weighted by Gasteiger charge is -2.29. The number of benzene rings is 1. The van der Waals surface area contributed by atoms with Gasteiger partial charge in [0.2, 0.25) is 0 Å². The molecule has 2 atom stereocenters. The van der Waals surface area contributed by atoms with Gasteiger partial charge in [0.15, 0.2) is 6.61 Å². The fourth-order valence-electron chi connectivity index (χ4n) is 2.69. The molecule has 1 fully saturated rings. The van der Waals surface area contributed by atoms with Crippen molar-refractivity contribution in [3.05, 3.63) is 29.8 Å². The molecule has 0 saturated heterocycles. The molecule has 1 saturated carbocycles. The number of hydrogen-bond acceptors (Lipinski definition) is 2. The van der Waals surface area contributed by atoms with Gasteiger partial charge in [0.25, 0.3) is 5.91 Å². The zero-order chi connectivity index (χ0) is 16.2. The molecule has 0 heterocycles. The Morgan fingerprint density at radius 2 is 2.05 bits per heavy atom. The number of nitrogens with one attached hydrogen (secondary N) is 1. The van der Waals surface area contributed by atoms with Crippen molar-refractivity contribution < 1.29 is 22.7 Å². The van der Waals surface area contributed by atoms with E-state index in [2.05, 4.69) is 12.2 Å². The average molecular weight is 315 g/mol. The minimum Gasteiger partial charge on any atom is -0.484 e. The van der Waals surface area contributed by atoms with Crippen molar-refractivity contribution in [3.8, 4) is 5.75 Å². The predicted octanol–water partition coefficient (Wildman–Crippen LogP) is 3.78. The monoisotopic (exact) mass is 315 g/mol. The van der Waals surface area contributed by atoms with Crippen LogP contribution in [0.15, 0.2) is 24.3 Å². The molecule has 3 nitrogen and oxygen atoms in total. The van der Waals surface area contributed by atoms with Gasteiger partial charge < -0.3 is 10.1 Å². The van der Waals surface area contributed by atoms with Gasteiger partial charge >= 0.3 is 6.18 Å². The number of amides is 1. The molecule has 0 aromatic heterocycles. The maximum absolute atomic E-state index is 12.6. The highest BCUT2D eigenvalue weighted by Crippen LogP contribution is 2.31. The van der Waals surface area contributed by atoms with Crippen molar-refractivity contribution in [3.63, 3.8) is 0 Å². The molecule has 2 rings (SSSR count). The van der Waals surface area contributed by atoms with Gasteiger partial charge in [0.1, 0.15) is 5.75 Å². The highest BCUT2D eigenvalue weighted by Gasteiger charge is 2.30. The fourth-order valence-corrected chi connectivity index (χ4v) is 2.69. The van der Waals surface area contributed by atoms with Gasteiger partial charge in [-0.1, -0.05) is 25.8 Å². The van der Waals surface area contributed by atoms with Crippen LogP contribution < -0.4 is 10.1 Å². The van der Waals surface area contributed by atoms with E-state index in [4.69, 9.17) is 4.74 Å². The van der Waals surface area contributed by atoms with E-state index < -0.39 is 11.7 Å². The van der Waals surface area contributed by atoms with Crippen LogP contribution in [0, 0.1) is 5.92 Å². The lowest BCUT2D eigenvalue weighted by Crippen LogP contribution is -2.43. The number of ether oxygens (including phenoxy) is 1. The number of rotatable bonds is 4. The molecule has 0 radical (unpaired) electrons. The summed E-state index contributed by atoms with van der Waals surface area (Å²) < 4.78 is 42.9. The molecule has 1 aliphatic rings. The zero-order valence-corrected chi connectivity index (χ0v) is 12.5. The van der Waals surface area contributed by atoms with Crippen molar-refractivity contribution >= 4 is 5.91 Å². The predicted molar refractivity (Wildman–Crippen MR) is 76.5 cm³/mol. The number of carbonyl (C=O) groups excluding carboxylic acids is 1. The summed E-state index contributed by atoms with van der Waals surface area (Å²) in [6.07, 6.45) is -0.132. The SMILES string of the molecule is C[C@H]1CCCC[C@H]1NC(=O)COc1cccc(C(F)(F)F)c1. The van der Waals surface area contributed by atoms with E-state index >= 15 is 0 Å². The molecule has 1 aromatic carbocycles. The average Bonchev–Trinajstić information content (AvgIpc) is 2.47. The Balaban J connectivity index is 1.86. The first-order valence-electron chi connectivity index (χ1n) is 7.45. The summed E-state index contributed by atoms with van der Waals surface area (Å²) in [5.74, 6) is 0.170. The molecular weight excluding hydrogens is 295 g/mol. The van der Waals surface area contributed by atoms with Crippen LogP contribution in [0.4, 0.5) is 13.2 Å². The van der Waals surface area contributed by atoms with Crippen LogP contribution in [0.1, 0.15) is 38.2 Å². The first kappa shape index (κ1) is 16.6. The third-order valence-corrected chi connectivity index (χ3v) is 3.99. The third-order valence-electron chi connectivity index (χ3n) is 3.99. The number of carbonyl (C=O) groups is 1. The molecule has 1 N–H and O–H groups in total.